The second-order valence-electron chi connectivity index (χ2n) is 4.44. The van der Waals surface area contributed by atoms with Crippen LogP contribution in [0.1, 0.15) is 13.8 Å². The normalized spacial score (nSPS) is 13.8. The summed E-state index contributed by atoms with van der Waals surface area (Å²) in [5.41, 5.74) is 5.59. The molecule has 0 aliphatic rings. The topological polar surface area (TPSA) is 92.4 Å². The first-order valence-electron chi connectivity index (χ1n) is 5.58. The van der Waals surface area contributed by atoms with Crippen molar-refractivity contribution >= 4 is 38.9 Å². The molecule has 0 aliphatic carbocycles. The van der Waals surface area contributed by atoms with Gasteiger partial charge in [-0.3, -0.25) is 0 Å². The Bertz CT molecular complexity index is 561. The fourth-order valence-electron chi connectivity index (χ4n) is 1.27. The Morgan fingerprint density at radius 1 is 1.37 bits per heavy atom. The highest BCUT2D eigenvalue weighted by Crippen LogP contribution is 2.32. The Labute approximate surface area is 122 Å². The van der Waals surface area contributed by atoms with Crippen molar-refractivity contribution in [2.24, 2.45) is 5.92 Å². The van der Waals surface area contributed by atoms with E-state index in [0.29, 0.717) is 0 Å². The third kappa shape index (κ3) is 3.97. The van der Waals surface area contributed by atoms with Gasteiger partial charge in [0.2, 0.25) is 10.0 Å². The van der Waals surface area contributed by atoms with E-state index in [1.807, 2.05) is 0 Å². The van der Waals surface area contributed by atoms with E-state index in [1.54, 1.807) is 13.8 Å². The molecule has 108 valence electrons. The van der Waals surface area contributed by atoms with E-state index in [-0.39, 0.29) is 33.1 Å². The van der Waals surface area contributed by atoms with Crippen LogP contribution in [0, 0.1) is 5.92 Å². The molecule has 0 radical (unpaired) electrons. The van der Waals surface area contributed by atoms with Crippen LogP contribution in [-0.4, -0.2) is 26.2 Å². The quantitative estimate of drug-likeness (QED) is 0.720. The van der Waals surface area contributed by atoms with E-state index >= 15 is 0 Å². The van der Waals surface area contributed by atoms with Crippen molar-refractivity contribution in [3.8, 4) is 0 Å². The Hall–Kier alpha value is -0.530. The number of nitrogens with two attached hydrogens (primary N) is 1. The molecule has 0 fully saturated rings. The monoisotopic (exact) mass is 326 g/mol. The Balaban J connectivity index is 2.99. The Morgan fingerprint density at radius 2 is 1.95 bits per heavy atom. The van der Waals surface area contributed by atoms with Crippen molar-refractivity contribution < 1.29 is 13.5 Å². The summed E-state index contributed by atoms with van der Waals surface area (Å²) in [6, 6.07) is 2.63. The largest absolute Gasteiger partial charge is 0.396 e. The lowest BCUT2D eigenvalue weighted by Crippen LogP contribution is -2.34. The number of nitrogens with one attached hydrogen (secondary N) is 1. The van der Waals surface area contributed by atoms with Gasteiger partial charge in [-0.2, -0.15) is 0 Å². The lowest BCUT2D eigenvalue weighted by Gasteiger charge is -2.16. The first-order valence-corrected chi connectivity index (χ1v) is 7.82. The van der Waals surface area contributed by atoms with Crippen LogP contribution in [0.2, 0.25) is 10.0 Å². The predicted molar refractivity (Wildman–Crippen MR) is 76.9 cm³/mol. The van der Waals surface area contributed by atoms with Gasteiger partial charge >= 0.3 is 0 Å². The van der Waals surface area contributed by atoms with Gasteiger partial charge in [0.1, 0.15) is 4.90 Å². The van der Waals surface area contributed by atoms with Crippen molar-refractivity contribution in [2.45, 2.75) is 24.8 Å². The predicted octanol–water partition coefficient (Wildman–Crippen LogP) is 1.87. The van der Waals surface area contributed by atoms with Gasteiger partial charge in [-0.15, -0.1) is 0 Å². The molecule has 1 aromatic carbocycles. The molecule has 1 unspecified atom stereocenters. The van der Waals surface area contributed by atoms with E-state index in [9.17, 15) is 13.5 Å². The molecule has 1 rings (SSSR count). The average Bonchev–Trinajstić information content (AvgIpc) is 2.32. The summed E-state index contributed by atoms with van der Waals surface area (Å²) in [5, 5.41) is 9.66. The second kappa shape index (κ2) is 6.28. The minimum atomic E-state index is -3.84. The molecule has 0 amide bonds. The Kier molecular flexibility index (Phi) is 5.46. The van der Waals surface area contributed by atoms with Crippen LogP contribution in [-0.2, 0) is 10.0 Å². The van der Waals surface area contributed by atoms with Crippen LogP contribution in [0.3, 0.4) is 0 Å². The van der Waals surface area contributed by atoms with E-state index in [0.717, 1.165) is 0 Å². The summed E-state index contributed by atoms with van der Waals surface area (Å²) < 4.78 is 26.4. The maximum Gasteiger partial charge on any atom is 0.242 e. The smallest absolute Gasteiger partial charge is 0.242 e. The van der Waals surface area contributed by atoms with Crippen LogP contribution in [0.4, 0.5) is 5.69 Å². The van der Waals surface area contributed by atoms with Gasteiger partial charge in [-0.05, 0) is 18.1 Å². The molecule has 1 atom stereocenters. The molecule has 19 heavy (non-hydrogen) atoms. The third-order valence-corrected chi connectivity index (χ3v) is 4.95. The maximum absolute atomic E-state index is 12.0. The SMILES string of the molecule is CC(C)C(O)CNS(=O)(=O)c1ccc(Cl)c(N)c1Cl. The van der Waals surface area contributed by atoms with Gasteiger partial charge in [-0.25, -0.2) is 13.1 Å². The van der Waals surface area contributed by atoms with Gasteiger partial charge in [0, 0.05) is 6.54 Å². The van der Waals surface area contributed by atoms with Gasteiger partial charge in [0.25, 0.3) is 0 Å². The lowest BCUT2D eigenvalue weighted by molar-refractivity contribution is 0.129. The van der Waals surface area contributed by atoms with Gasteiger partial charge < -0.3 is 10.8 Å². The van der Waals surface area contributed by atoms with Crippen molar-refractivity contribution in [3.05, 3.63) is 22.2 Å². The number of hydrogen-bond acceptors (Lipinski definition) is 4. The fourth-order valence-corrected chi connectivity index (χ4v) is 3.08. The van der Waals surface area contributed by atoms with Gasteiger partial charge in [0.05, 0.1) is 21.8 Å². The van der Waals surface area contributed by atoms with Crippen LogP contribution in [0.5, 0.6) is 0 Å². The number of hydrogen-bond donors (Lipinski definition) is 3. The third-order valence-electron chi connectivity index (χ3n) is 2.63. The fraction of sp³-hybridized carbons (Fsp3) is 0.455. The summed E-state index contributed by atoms with van der Waals surface area (Å²) in [7, 11) is -3.84. The number of halogens is 2. The number of benzene rings is 1. The molecule has 1 aromatic rings. The average molecular weight is 327 g/mol. The summed E-state index contributed by atoms with van der Waals surface area (Å²) in [6.07, 6.45) is -0.779. The molecule has 0 heterocycles. The summed E-state index contributed by atoms with van der Waals surface area (Å²) in [6.45, 7) is 3.47. The molecular weight excluding hydrogens is 311 g/mol. The van der Waals surface area contributed by atoms with E-state index in [2.05, 4.69) is 4.72 Å². The molecular formula is C11H16Cl2N2O3S. The molecule has 0 saturated carbocycles. The molecule has 0 aliphatic heterocycles. The highest BCUT2D eigenvalue weighted by Gasteiger charge is 2.22. The minimum absolute atomic E-state index is 0.00983. The van der Waals surface area contributed by atoms with Crippen LogP contribution in [0.15, 0.2) is 17.0 Å². The molecule has 0 spiro atoms. The van der Waals surface area contributed by atoms with Crippen LogP contribution >= 0.6 is 23.2 Å². The molecule has 0 saturated heterocycles. The zero-order chi connectivity index (χ0) is 14.8. The first kappa shape index (κ1) is 16.5. The van der Waals surface area contributed by atoms with Crippen LogP contribution < -0.4 is 10.5 Å². The van der Waals surface area contributed by atoms with Crippen molar-refractivity contribution in [3.63, 3.8) is 0 Å². The molecule has 0 aromatic heterocycles. The van der Waals surface area contributed by atoms with Crippen LogP contribution in [0.25, 0.3) is 0 Å². The van der Waals surface area contributed by atoms with Crippen molar-refractivity contribution in [1.82, 2.24) is 4.72 Å². The van der Waals surface area contributed by atoms with Crippen molar-refractivity contribution in [1.29, 1.82) is 0 Å². The number of anilines is 1. The van der Waals surface area contributed by atoms with E-state index in [4.69, 9.17) is 28.9 Å². The summed E-state index contributed by atoms with van der Waals surface area (Å²) >= 11 is 11.6. The first-order chi connectivity index (χ1) is 8.66. The molecule has 0 bridgehead atoms. The van der Waals surface area contributed by atoms with Gasteiger partial charge in [-0.1, -0.05) is 37.0 Å². The zero-order valence-corrected chi connectivity index (χ0v) is 12.9. The standard InChI is InChI=1S/C11H16Cl2N2O3S/c1-6(2)8(16)5-15-19(17,18)9-4-3-7(12)11(14)10(9)13/h3-4,6,8,15-16H,5,14H2,1-2H3. The second-order valence-corrected chi connectivity index (χ2v) is 6.96. The highest BCUT2D eigenvalue weighted by molar-refractivity contribution is 7.89. The number of nitrogen functional groups attached to an aromatic ring is 1. The molecule has 4 N–H and O–H groups in total. The number of sulfonamides is 1. The summed E-state index contributed by atoms with van der Waals surface area (Å²) in [4.78, 5) is -0.160. The maximum atomic E-state index is 12.0. The Morgan fingerprint density at radius 3 is 2.47 bits per heavy atom. The summed E-state index contributed by atoms with van der Waals surface area (Å²) in [5.74, 6) is -0.0616. The van der Waals surface area contributed by atoms with E-state index < -0.39 is 16.1 Å². The molecule has 8 heteroatoms. The van der Waals surface area contributed by atoms with Gasteiger partial charge in [0.15, 0.2) is 0 Å². The number of aliphatic hydroxyl groups excluding tert-OH is 1. The zero-order valence-electron chi connectivity index (χ0n) is 10.5. The minimum Gasteiger partial charge on any atom is -0.396 e. The lowest BCUT2D eigenvalue weighted by atomic mass is 10.1. The van der Waals surface area contributed by atoms with E-state index in [1.165, 1.54) is 12.1 Å². The number of rotatable bonds is 5. The number of aliphatic hydroxyl groups is 1. The van der Waals surface area contributed by atoms with Crippen molar-refractivity contribution in [2.75, 3.05) is 12.3 Å². The highest BCUT2D eigenvalue weighted by atomic mass is 35.5. The molecule has 5 nitrogen and oxygen atoms in total.